The predicted octanol–water partition coefficient (Wildman–Crippen LogP) is 1.16. The van der Waals surface area contributed by atoms with Crippen molar-refractivity contribution in [2.24, 2.45) is 24.8 Å². The minimum absolute atomic E-state index is 0. The van der Waals surface area contributed by atoms with Gasteiger partial charge < -0.3 is 14.8 Å². The third kappa shape index (κ3) is 3.77. The summed E-state index contributed by atoms with van der Waals surface area (Å²) in [5.41, 5.74) is 0.460. The van der Waals surface area contributed by atoms with Crippen molar-refractivity contribution < 1.29 is 13.2 Å². The highest BCUT2D eigenvalue weighted by molar-refractivity contribution is 7.89. The van der Waals surface area contributed by atoms with E-state index in [0.29, 0.717) is 36.5 Å². The van der Waals surface area contributed by atoms with E-state index in [-0.39, 0.29) is 23.2 Å². The third-order valence-electron chi connectivity index (χ3n) is 6.13. The lowest BCUT2D eigenvalue weighted by atomic mass is 10.0. The lowest BCUT2D eigenvalue weighted by molar-refractivity contribution is 0.0772. The summed E-state index contributed by atoms with van der Waals surface area (Å²) >= 11 is 0. The molecule has 27 heavy (non-hydrogen) atoms. The van der Waals surface area contributed by atoms with E-state index < -0.39 is 10.0 Å². The smallest absolute Gasteiger partial charge is 0.270 e. The Hall–Kier alpha value is -1.09. The van der Waals surface area contributed by atoms with Gasteiger partial charge in [-0.15, -0.1) is 12.4 Å². The topological polar surface area (TPSA) is 74.7 Å². The Kier molecular flexibility index (Phi) is 5.91. The fraction of sp³-hybridized carbons (Fsp3) is 0.722. The van der Waals surface area contributed by atoms with E-state index in [1.165, 1.54) is 0 Å². The second kappa shape index (κ2) is 7.73. The van der Waals surface area contributed by atoms with Gasteiger partial charge in [-0.25, -0.2) is 8.42 Å². The van der Waals surface area contributed by atoms with Crippen molar-refractivity contribution in [2.75, 3.05) is 39.3 Å². The van der Waals surface area contributed by atoms with Gasteiger partial charge in [0.2, 0.25) is 10.0 Å². The van der Waals surface area contributed by atoms with Gasteiger partial charge in [0.25, 0.3) is 5.91 Å². The number of carbonyl (C=O) groups excluding carboxylic acids is 1. The van der Waals surface area contributed by atoms with Crippen molar-refractivity contribution in [3.05, 3.63) is 18.0 Å². The highest BCUT2D eigenvalue weighted by Crippen LogP contribution is 2.29. The number of amides is 1. The van der Waals surface area contributed by atoms with Crippen LogP contribution in [-0.2, 0) is 17.1 Å². The van der Waals surface area contributed by atoms with E-state index in [2.05, 4.69) is 12.2 Å². The molecule has 1 amide bonds. The maximum absolute atomic E-state index is 13.0. The Labute approximate surface area is 167 Å². The predicted molar refractivity (Wildman–Crippen MR) is 106 cm³/mol. The largest absolute Gasteiger partial charge is 0.345 e. The van der Waals surface area contributed by atoms with Gasteiger partial charge in [0, 0.05) is 52.5 Å². The van der Waals surface area contributed by atoms with Gasteiger partial charge in [0.05, 0.1) is 0 Å². The molecule has 1 aromatic rings. The Morgan fingerprint density at radius 1 is 1.19 bits per heavy atom. The number of nitrogens with one attached hydrogen (secondary N) is 1. The molecule has 3 fully saturated rings. The summed E-state index contributed by atoms with van der Waals surface area (Å²) in [5, 5.41) is 3.37. The van der Waals surface area contributed by atoms with E-state index in [1.807, 2.05) is 4.90 Å². The Bertz CT molecular complexity index is 798. The van der Waals surface area contributed by atoms with Gasteiger partial charge in [-0.2, -0.15) is 4.31 Å². The third-order valence-corrected chi connectivity index (χ3v) is 7.96. The standard InChI is InChI=1S/C18H28N4O3S.ClH/c1-13-4-3-5-22(9-13)26(24,25)16-6-17(20(2)12-16)18(23)21-10-14-7-19-8-15(14)11-21;/h6,12-15,19H,3-5,7-11H2,1-2H3;1H/t13?,14-,15+;. The van der Waals surface area contributed by atoms with E-state index in [1.54, 1.807) is 28.2 Å². The number of fused-ring (bicyclic) bond motifs is 1. The lowest BCUT2D eigenvalue weighted by Crippen LogP contribution is -2.38. The van der Waals surface area contributed by atoms with Crippen molar-refractivity contribution in [3.63, 3.8) is 0 Å². The molecular weight excluding hydrogens is 388 g/mol. The molecule has 1 N–H and O–H groups in total. The van der Waals surface area contributed by atoms with Crippen molar-refractivity contribution >= 4 is 28.3 Å². The molecule has 0 saturated carbocycles. The molecule has 3 aliphatic rings. The number of halogens is 1. The number of aryl methyl sites for hydroxylation is 1. The van der Waals surface area contributed by atoms with Crippen molar-refractivity contribution in [3.8, 4) is 0 Å². The van der Waals surface area contributed by atoms with Crippen LogP contribution in [-0.4, -0.2) is 67.4 Å². The number of hydrogen-bond acceptors (Lipinski definition) is 4. The van der Waals surface area contributed by atoms with Gasteiger partial charge >= 0.3 is 0 Å². The number of carbonyl (C=O) groups is 1. The number of hydrogen-bond donors (Lipinski definition) is 1. The van der Waals surface area contributed by atoms with Crippen LogP contribution in [0.5, 0.6) is 0 Å². The first-order valence-electron chi connectivity index (χ1n) is 9.52. The van der Waals surface area contributed by atoms with Crippen LogP contribution in [0.15, 0.2) is 17.2 Å². The molecule has 1 unspecified atom stereocenters. The van der Waals surface area contributed by atoms with Crippen molar-refractivity contribution in [2.45, 2.75) is 24.7 Å². The molecule has 0 aromatic carbocycles. The molecule has 3 saturated heterocycles. The first kappa shape index (κ1) is 20.6. The molecule has 0 spiro atoms. The average molecular weight is 417 g/mol. The highest BCUT2D eigenvalue weighted by atomic mass is 35.5. The van der Waals surface area contributed by atoms with Crippen LogP contribution in [0.3, 0.4) is 0 Å². The van der Waals surface area contributed by atoms with Gasteiger partial charge in [-0.1, -0.05) is 6.92 Å². The van der Waals surface area contributed by atoms with Crippen LogP contribution in [0.25, 0.3) is 0 Å². The molecule has 0 aliphatic carbocycles. The summed E-state index contributed by atoms with van der Waals surface area (Å²) in [6.07, 6.45) is 3.54. The number of aromatic nitrogens is 1. The molecule has 9 heteroatoms. The number of rotatable bonds is 3. The van der Waals surface area contributed by atoms with Crippen LogP contribution in [0.4, 0.5) is 0 Å². The zero-order valence-electron chi connectivity index (χ0n) is 15.9. The van der Waals surface area contributed by atoms with E-state index in [4.69, 9.17) is 0 Å². The minimum Gasteiger partial charge on any atom is -0.345 e. The van der Waals surface area contributed by atoms with Crippen molar-refractivity contribution in [1.82, 2.24) is 19.1 Å². The second-order valence-corrected chi connectivity index (χ2v) is 10.1. The molecule has 4 heterocycles. The zero-order chi connectivity index (χ0) is 18.5. The summed E-state index contributed by atoms with van der Waals surface area (Å²) in [6.45, 7) is 6.65. The van der Waals surface area contributed by atoms with Crippen LogP contribution in [0, 0.1) is 17.8 Å². The van der Waals surface area contributed by atoms with Crippen LogP contribution < -0.4 is 5.32 Å². The number of sulfonamides is 1. The first-order valence-corrected chi connectivity index (χ1v) is 11.0. The zero-order valence-corrected chi connectivity index (χ0v) is 17.6. The SMILES string of the molecule is CC1CCCN(S(=O)(=O)c2cc(C(=O)N3C[C@H]4CNC[C@H]4C3)n(C)c2)C1.Cl. The van der Waals surface area contributed by atoms with Gasteiger partial charge in [-0.3, -0.25) is 4.79 Å². The average Bonchev–Trinajstić information content (AvgIpc) is 3.28. The number of likely N-dealkylation sites (tertiary alicyclic amines) is 1. The fourth-order valence-corrected chi connectivity index (χ4v) is 6.26. The maximum Gasteiger partial charge on any atom is 0.270 e. The lowest BCUT2D eigenvalue weighted by Gasteiger charge is -2.29. The molecule has 7 nitrogen and oxygen atoms in total. The van der Waals surface area contributed by atoms with Crippen LogP contribution >= 0.6 is 12.4 Å². The van der Waals surface area contributed by atoms with Gasteiger partial charge in [0.15, 0.2) is 0 Å². The molecule has 152 valence electrons. The minimum atomic E-state index is -3.54. The molecule has 3 aliphatic heterocycles. The monoisotopic (exact) mass is 416 g/mol. The quantitative estimate of drug-likeness (QED) is 0.802. The van der Waals surface area contributed by atoms with Gasteiger partial charge in [0.1, 0.15) is 10.6 Å². The van der Waals surface area contributed by atoms with Crippen LogP contribution in [0.1, 0.15) is 30.3 Å². The Balaban J connectivity index is 0.00000210. The number of nitrogens with zero attached hydrogens (tertiary/aromatic N) is 3. The maximum atomic E-state index is 13.0. The summed E-state index contributed by atoms with van der Waals surface area (Å²) < 4.78 is 29.2. The van der Waals surface area contributed by atoms with Gasteiger partial charge in [-0.05, 0) is 36.7 Å². The fourth-order valence-electron chi connectivity index (χ4n) is 4.58. The Morgan fingerprint density at radius 2 is 1.85 bits per heavy atom. The molecule has 4 rings (SSSR count). The summed E-state index contributed by atoms with van der Waals surface area (Å²) in [4.78, 5) is 15.1. The number of piperidine rings is 1. The van der Waals surface area contributed by atoms with E-state index >= 15 is 0 Å². The molecular formula is C18H29ClN4O3S. The molecule has 1 aromatic heterocycles. The summed E-state index contributed by atoms with van der Waals surface area (Å²) in [5.74, 6) is 1.37. The van der Waals surface area contributed by atoms with E-state index in [0.717, 1.165) is 39.0 Å². The molecule has 0 bridgehead atoms. The molecule has 3 atom stereocenters. The van der Waals surface area contributed by atoms with E-state index in [9.17, 15) is 13.2 Å². The van der Waals surface area contributed by atoms with Crippen molar-refractivity contribution in [1.29, 1.82) is 0 Å². The second-order valence-electron chi connectivity index (χ2n) is 8.17. The first-order chi connectivity index (χ1) is 12.4. The summed E-state index contributed by atoms with van der Waals surface area (Å²) in [6, 6.07) is 1.56. The highest BCUT2D eigenvalue weighted by Gasteiger charge is 2.39. The normalized spacial score (nSPS) is 28.8. The summed E-state index contributed by atoms with van der Waals surface area (Å²) in [7, 11) is -1.78. The van der Waals surface area contributed by atoms with Crippen LogP contribution in [0.2, 0.25) is 0 Å². The molecule has 0 radical (unpaired) electrons. The Morgan fingerprint density at radius 3 is 2.48 bits per heavy atom.